The summed E-state index contributed by atoms with van der Waals surface area (Å²) in [5.41, 5.74) is 1.28. The number of ether oxygens (including phenoxy) is 1. The smallest absolute Gasteiger partial charge is 0.0754 e. The molecule has 1 aromatic rings. The average molecular weight is 289 g/mol. The Bertz CT molecular complexity index is 299. The Kier molecular flexibility index (Phi) is 2.74. The van der Waals surface area contributed by atoms with Crippen molar-refractivity contribution in [1.82, 2.24) is 0 Å². The fourth-order valence-electron chi connectivity index (χ4n) is 1.35. The van der Waals surface area contributed by atoms with E-state index in [-0.39, 0.29) is 0 Å². The molecule has 0 N–H and O–H groups in total. The summed E-state index contributed by atoms with van der Waals surface area (Å²) in [6.07, 6.45) is 0. The summed E-state index contributed by atoms with van der Waals surface area (Å²) in [5.74, 6) is 0. The number of anilines is 1. The molecule has 0 saturated carbocycles. The Hall–Kier alpha value is -0.290. The Labute approximate surface area is 92.0 Å². The van der Waals surface area contributed by atoms with Crippen LogP contribution in [0.5, 0.6) is 0 Å². The fourth-order valence-corrected chi connectivity index (χ4v) is 1.88. The zero-order valence-corrected chi connectivity index (χ0v) is 9.69. The molecule has 1 aromatic carbocycles. The van der Waals surface area contributed by atoms with E-state index in [0.29, 0.717) is 6.04 Å². The van der Waals surface area contributed by atoms with Crippen molar-refractivity contribution in [2.24, 2.45) is 0 Å². The molecule has 2 nitrogen and oxygen atoms in total. The van der Waals surface area contributed by atoms with Crippen LogP contribution in [0, 0.1) is 3.57 Å². The predicted molar refractivity (Wildman–Crippen MR) is 62.2 cm³/mol. The second kappa shape index (κ2) is 3.84. The first kappa shape index (κ1) is 9.27. The van der Waals surface area contributed by atoms with Gasteiger partial charge in [0.15, 0.2) is 0 Å². The summed E-state index contributed by atoms with van der Waals surface area (Å²) in [6, 6.07) is 9.10. The molecule has 0 bridgehead atoms. The second-order valence-electron chi connectivity index (χ2n) is 3.28. The van der Waals surface area contributed by atoms with Crippen LogP contribution in [-0.2, 0) is 4.74 Å². The van der Waals surface area contributed by atoms with Gasteiger partial charge in [-0.05, 0) is 40.8 Å². The van der Waals surface area contributed by atoms with Gasteiger partial charge in [-0.2, -0.15) is 0 Å². The van der Waals surface area contributed by atoms with E-state index >= 15 is 0 Å². The molecule has 1 saturated heterocycles. The zero-order valence-electron chi connectivity index (χ0n) is 7.53. The molecule has 70 valence electrons. The summed E-state index contributed by atoms with van der Waals surface area (Å²) < 4.78 is 6.44. The van der Waals surface area contributed by atoms with Crippen molar-refractivity contribution in [2.45, 2.75) is 6.04 Å². The molecule has 1 fully saturated rings. The van der Waals surface area contributed by atoms with Crippen LogP contribution in [-0.4, -0.2) is 26.3 Å². The molecule has 0 atom stereocenters. The molecule has 0 aromatic heterocycles. The first-order valence-corrected chi connectivity index (χ1v) is 5.41. The zero-order chi connectivity index (χ0) is 9.26. The number of rotatable bonds is 2. The lowest BCUT2D eigenvalue weighted by Crippen LogP contribution is -2.47. The summed E-state index contributed by atoms with van der Waals surface area (Å²) in [4.78, 5) is 2.28. The quantitative estimate of drug-likeness (QED) is 0.773. The number of hydrogen-bond donors (Lipinski definition) is 0. The minimum atomic E-state index is 0.568. The lowest BCUT2D eigenvalue weighted by molar-refractivity contribution is 0.0101. The number of likely N-dealkylation sites (N-methyl/N-ethyl adjacent to an activating group) is 1. The van der Waals surface area contributed by atoms with Gasteiger partial charge in [-0.3, -0.25) is 0 Å². The molecular weight excluding hydrogens is 277 g/mol. The van der Waals surface area contributed by atoms with E-state index < -0.39 is 0 Å². The van der Waals surface area contributed by atoms with Crippen LogP contribution < -0.4 is 4.90 Å². The largest absolute Gasteiger partial charge is 0.377 e. The van der Waals surface area contributed by atoms with Crippen LogP contribution in [0.4, 0.5) is 5.69 Å². The third-order valence-corrected chi connectivity index (χ3v) is 3.05. The van der Waals surface area contributed by atoms with Crippen molar-refractivity contribution >= 4 is 28.3 Å². The summed E-state index contributed by atoms with van der Waals surface area (Å²) in [6.45, 7) is 1.73. The lowest BCUT2D eigenvalue weighted by atomic mass is 10.2. The Morgan fingerprint density at radius 1 is 1.46 bits per heavy atom. The standard InChI is InChI=1S/C10H12INO/c1-12(10-6-13-7-10)9-4-2-3-8(11)5-9/h2-5,10H,6-7H2,1H3. The van der Waals surface area contributed by atoms with Gasteiger partial charge < -0.3 is 9.64 Å². The molecule has 1 aliphatic heterocycles. The second-order valence-corrected chi connectivity index (χ2v) is 4.53. The maximum Gasteiger partial charge on any atom is 0.0754 e. The van der Waals surface area contributed by atoms with Crippen LogP contribution in [0.3, 0.4) is 0 Å². The summed E-state index contributed by atoms with van der Waals surface area (Å²) >= 11 is 2.33. The molecule has 0 aliphatic carbocycles. The molecule has 13 heavy (non-hydrogen) atoms. The van der Waals surface area contributed by atoms with Crippen molar-refractivity contribution in [3.8, 4) is 0 Å². The van der Waals surface area contributed by atoms with Gasteiger partial charge in [0.25, 0.3) is 0 Å². The number of nitrogens with zero attached hydrogens (tertiary/aromatic N) is 1. The van der Waals surface area contributed by atoms with Crippen LogP contribution >= 0.6 is 22.6 Å². The summed E-state index contributed by atoms with van der Waals surface area (Å²) in [7, 11) is 2.12. The van der Waals surface area contributed by atoms with Crippen LogP contribution in [0.15, 0.2) is 24.3 Å². The van der Waals surface area contributed by atoms with E-state index in [4.69, 9.17) is 4.74 Å². The van der Waals surface area contributed by atoms with Gasteiger partial charge >= 0.3 is 0 Å². The maximum atomic E-state index is 5.16. The number of halogens is 1. The predicted octanol–water partition coefficient (Wildman–Crippen LogP) is 2.13. The third-order valence-electron chi connectivity index (χ3n) is 2.38. The van der Waals surface area contributed by atoms with Gasteiger partial charge in [0.05, 0.1) is 19.3 Å². The first-order chi connectivity index (χ1) is 6.27. The Morgan fingerprint density at radius 3 is 2.77 bits per heavy atom. The monoisotopic (exact) mass is 289 g/mol. The highest BCUT2D eigenvalue weighted by Gasteiger charge is 2.23. The Balaban J connectivity index is 2.14. The van der Waals surface area contributed by atoms with Gasteiger partial charge in [0.1, 0.15) is 0 Å². The van der Waals surface area contributed by atoms with Gasteiger partial charge in [0.2, 0.25) is 0 Å². The van der Waals surface area contributed by atoms with Gasteiger partial charge in [-0.25, -0.2) is 0 Å². The van der Waals surface area contributed by atoms with Gasteiger partial charge in [-0.15, -0.1) is 0 Å². The fraction of sp³-hybridized carbons (Fsp3) is 0.400. The third kappa shape index (κ3) is 1.96. The maximum absolute atomic E-state index is 5.16. The van der Waals surface area contributed by atoms with E-state index in [1.165, 1.54) is 9.26 Å². The van der Waals surface area contributed by atoms with Crippen LogP contribution in [0.25, 0.3) is 0 Å². The van der Waals surface area contributed by atoms with Gasteiger partial charge in [-0.1, -0.05) is 6.07 Å². The van der Waals surface area contributed by atoms with Crippen molar-refractivity contribution in [2.75, 3.05) is 25.2 Å². The van der Waals surface area contributed by atoms with E-state index in [2.05, 4.69) is 58.8 Å². The SMILES string of the molecule is CN(c1cccc(I)c1)C1COC1. The molecule has 1 heterocycles. The minimum absolute atomic E-state index is 0.568. The average Bonchev–Trinajstić information content (AvgIpc) is 2.01. The van der Waals surface area contributed by atoms with Crippen LogP contribution in [0.2, 0.25) is 0 Å². The molecule has 0 spiro atoms. The summed E-state index contributed by atoms with van der Waals surface area (Å²) in [5, 5.41) is 0. The normalized spacial score (nSPS) is 16.8. The molecule has 0 radical (unpaired) electrons. The van der Waals surface area contributed by atoms with Crippen LogP contribution in [0.1, 0.15) is 0 Å². The van der Waals surface area contributed by atoms with E-state index in [9.17, 15) is 0 Å². The van der Waals surface area contributed by atoms with Crippen molar-refractivity contribution in [3.05, 3.63) is 27.8 Å². The van der Waals surface area contributed by atoms with Crippen molar-refractivity contribution in [1.29, 1.82) is 0 Å². The highest BCUT2D eigenvalue weighted by molar-refractivity contribution is 14.1. The van der Waals surface area contributed by atoms with E-state index in [1.54, 1.807) is 0 Å². The first-order valence-electron chi connectivity index (χ1n) is 4.33. The van der Waals surface area contributed by atoms with E-state index in [1.807, 2.05) is 0 Å². The highest BCUT2D eigenvalue weighted by atomic mass is 127. The molecule has 3 heteroatoms. The molecule has 1 aliphatic rings. The topological polar surface area (TPSA) is 12.5 Å². The number of benzene rings is 1. The molecule has 2 rings (SSSR count). The molecular formula is C10H12INO. The van der Waals surface area contributed by atoms with E-state index in [0.717, 1.165) is 13.2 Å². The lowest BCUT2D eigenvalue weighted by Gasteiger charge is -2.36. The van der Waals surface area contributed by atoms with Crippen molar-refractivity contribution < 1.29 is 4.74 Å². The molecule has 0 unspecified atom stereocenters. The molecule has 0 amide bonds. The number of hydrogen-bond acceptors (Lipinski definition) is 2. The Morgan fingerprint density at radius 2 is 2.23 bits per heavy atom. The van der Waals surface area contributed by atoms with Crippen molar-refractivity contribution in [3.63, 3.8) is 0 Å². The van der Waals surface area contributed by atoms with Gasteiger partial charge in [0, 0.05) is 16.3 Å². The highest BCUT2D eigenvalue weighted by Crippen LogP contribution is 2.20. The minimum Gasteiger partial charge on any atom is -0.377 e.